The number of rotatable bonds is 3. The van der Waals surface area contributed by atoms with Crippen LogP contribution < -0.4 is 16.6 Å². The SMILES string of the molecule is CC1NNC(c2ccc(F)c(Cl)c2)C1CCN. The van der Waals surface area contributed by atoms with E-state index in [-0.39, 0.29) is 16.9 Å². The van der Waals surface area contributed by atoms with Crippen molar-refractivity contribution in [1.29, 1.82) is 0 Å². The quantitative estimate of drug-likeness (QED) is 0.776. The predicted octanol–water partition coefficient (Wildman–Crippen LogP) is 1.98. The van der Waals surface area contributed by atoms with E-state index in [9.17, 15) is 4.39 Å². The number of hydrogen-bond donors (Lipinski definition) is 3. The van der Waals surface area contributed by atoms with Crippen LogP contribution in [0.4, 0.5) is 4.39 Å². The van der Waals surface area contributed by atoms with Crippen LogP contribution in [0.2, 0.25) is 5.02 Å². The van der Waals surface area contributed by atoms with E-state index < -0.39 is 0 Å². The standard InChI is InChI=1S/C12H17ClFN3/c1-7-9(4-5-15)12(17-16-7)8-2-3-11(14)10(13)6-8/h2-3,6-7,9,12,16-17H,4-5,15H2,1H3. The van der Waals surface area contributed by atoms with Crippen molar-refractivity contribution in [2.75, 3.05) is 6.54 Å². The number of hydrazine groups is 1. The van der Waals surface area contributed by atoms with E-state index >= 15 is 0 Å². The van der Waals surface area contributed by atoms with Crippen molar-refractivity contribution in [3.63, 3.8) is 0 Å². The topological polar surface area (TPSA) is 50.1 Å². The number of nitrogens with two attached hydrogens (primary N) is 1. The van der Waals surface area contributed by atoms with Crippen LogP contribution in [0, 0.1) is 11.7 Å². The lowest BCUT2D eigenvalue weighted by Crippen LogP contribution is -2.29. The molecule has 4 N–H and O–H groups in total. The highest BCUT2D eigenvalue weighted by Crippen LogP contribution is 2.32. The van der Waals surface area contributed by atoms with Gasteiger partial charge >= 0.3 is 0 Å². The Labute approximate surface area is 105 Å². The molecule has 3 unspecified atom stereocenters. The van der Waals surface area contributed by atoms with Crippen LogP contribution in [0.25, 0.3) is 0 Å². The molecule has 3 nitrogen and oxygen atoms in total. The molecule has 0 saturated carbocycles. The number of halogens is 2. The Bertz CT molecular complexity index is 399. The molecule has 1 heterocycles. The van der Waals surface area contributed by atoms with Gasteiger partial charge in [0.25, 0.3) is 0 Å². The van der Waals surface area contributed by atoms with Crippen LogP contribution in [-0.2, 0) is 0 Å². The monoisotopic (exact) mass is 257 g/mol. The molecule has 0 aromatic heterocycles. The molecule has 1 aromatic rings. The second-order valence-corrected chi connectivity index (χ2v) is 4.88. The fourth-order valence-electron chi connectivity index (χ4n) is 2.37. The molecule has 0 radical (unpaired) electrons. The highest BCUT2D eigenvalue weighted by atomic mass is 35.5. The van der Waals surface area contributed by atoms with E-state index in [2.05, 4.69) is 17.8 Å². The van der Waals surface area contributed by atoms with Crippen molar-refractivity contribution in [2.45, 2.75) is 25.4 Å². The van der Waals surface area contributed by atoms with Gasteiger partial charge in [0.2, 0.25) is 0 Å². The first-order chi connectivity index (χ1) is 8.13. The van der Waals surface area contributed by atoms with Crippen LogP contribution >= 0.6 is 11.6 Å². The van der Waals surface area contributed by atoms with Gasteiger partial charge in [-0.3, -0.25) is 5.43 Å². The minimum Gasteiger partial charge on any atom is -0.330 e. The summed E-state index contributed by atoms with van der Waals surface area (Å²) in [7, 11) is 0. The average molecular weight is 258 g/mol. The molecule has 1 aromatic carbocycles. The second kappa shape index (κ2) is 5.31. The minimum atomic E-state index is -0.384. The molecular weight excluding hydrogens is 241 g/mol. The third kappa shape index (κ3) is 2.60. The lowest BCUT2D eigenvalue weighted by Gasteiger charge is -2.20. The highest BCUT2D eigenvalue weighted by Gasteiger charge is 2.33. The molecular formula is C12H17ClFN3. The van der Waals surface area contributed by atoms with E-state index in [4.69, 9.17) is 17.3 Å². The summed E-state index contributed by atoms with van der Waals surface area (Å²) in [4.78, 5) is 0. The average Bonchev–Trinajstić information content (AvgIpc) is 2.66. The summed E-state index contributed by atoms with van der Waals surface area (Å²) in [5.74, 6) is 0.00586. The summed E-state index contributed by atoms with van der Waals surface area (Å²) in [5, 5.41) is 0.162. The maximum absolute atomic E-state index is 13.1. The molecule has 0 aliphatic carbocycles. The molecule has 1 saturated heterocycles. The maximum atomic E-state index is 13.1. The third-order valence-corrected chi connectivity index (χ3v) is 3.63. The van der Waals surface area contributed by atoms with E-state index in [1.165, 1.54) is 6.07 Å². The Kier molecular flexibility index (Phi) is 3.99. The smallest absolute Gasteiger partial charge is 0.141 e. The Hall–Kier alpha value is -0.680. The summed E-state index contributed by atoms with van der Waals surface area (Å²) in [5.41, 5.74) is 13.0. The van der Waals surface area contributed by atoms with Crippen LogP contribution in [-0.4, -0.2) is 12.6 Å². The zero-order valence-corrected chi connectivity index (χ0v) is 10.5. The summed E-state index contributed by atoms with van der Waals surface area (Å²) >= 11 is 5.81. The largest absolute Gasteiger partial charge is 0.330 e. The zero-order valence-electron chi connectivity index (χ0n) is 9.71. The summed E-state index contributed by atoms with van der Waals surface area (Å²) < 4.78 is 13.1. The molecule has 1 aliphatic rings. The van der Waals surface area contributed by atoms with Gasteiger partial charge in [-0.25, -0.2) is 9.82 Å². The lowest BCUT2D eigenvalue weighted by molar-refractivity contribution is 0.409. The first kappa shape index (κ1) is 12.8. The van der Waals surface area contributed by atoms with Gasteiger partial charge in [0.1, 0.15) is 5.82 Å². The first-order valence-corrected chi connectivity index (χ1v) is 6.17. The summed E-state index contributed by atoms with van der Waals surface area (Å²) in [6.07, 6.45) is 0.917. The van der Waals surface area contributed by atoms with Crippen molar-refractivity contribution in [3.8, 4) is 0 Å². The highest BCUT2D eigenvalue weighted by molar-refractivity contribution is 6.30. The summed E-state index contributed by atoms with van der Waals surface area (Å²) in [6, 6.07) is 5.32. The molecule has 1 fully saturated rings. The van der Waals surface area contributed by atoms with Crippen LogP contribution in [0.5, 0.6) is 0 Å². The van der Waals surface area contributed by atoms with E-state index in [0.717, 1.165) is 12.0 Å². The van der Waals surface area contributed by atoms with Gasteiger partial charge in [-0.2, -0.15) is 0 Å². The van der Waals surface area contributed by atoms with Crippen molar-refractivity contribution >= 4 is 11.6 Å². The Morgan fingerprint density at radius 2 is 2.18 bits per heavy atom. The van der Waals surface area contributed by atoms with Crippen molar-refractivity contribution < 1.29 is 4.39 Å². The lowest BCUT2D eigenvalue weighted by atomic mass is 9.88. The molecule has 2 rings (SSSR count). The molecule has 5 heteroatoms. The van der Waals surface area contributed by atoms with Crippen molar-refractivity contribution in [3.05, 3.63) is 34.6 Å². The van der Waals surface area contributed by atoms with Gasteiger partial charge in [0.05, 0.1) is 11.1 Å². The molecule has 0 bridgehead atoms. The second-order valence-electron chi connectivity index (χ2n) is 4.47. The molecule has 0 amide bonds. The fourth-order valence-corrected chi connectivity index (χ4v) is 2.56. The van der Waals surface area contributed by atoms with Crippen molar-refractivity contribution in [1.82, 2.24) is 10.9 Å². The van der Waals surface area contributed by atoms with E-state index in [0.29, 0.717) is 18.5 Å². The molecule has 3 atom stereocenters. The van der Waals surface area contributed by atoms with E-state index in [1.807, 2.05) is 0 Å². The van der Waals surface area contributed by atoms with Crippen molar-refractivity contribution in [2.24, 2.45) is 11.7 Å². The minimum absolute atomic E-state index is 0.131. The van der Waals surface area contributed by atoms with Crippen LogP contribution in [0.1, 0.15) is 24.9 Å². The van der Waals surface area contributed by atoms with Gasteiger partial charge in [0, 0.05) is 6.04 Å². The normalized spacial score (nSPS) is 28.6. The number of benzene rings is 1. The predicted molar refractivity (Wildman–Crippen MR) is 67.0 cm³/mol. The van der Waals surface area contributed by atoms with Gasteiger partial charge in [-0.1, -0.05) is 17.7 Å². The van der Waals surface area contributed by atoms with E-state index in [1.54, 1.807) is 12.1 Å². The van der Waals surface area contributed by atoms with Gasteiger partial charge < -0.3 is 5.73 Å². The Morgan fingerprint density at radius 3 is 2.82 bits per heavy atom. The Morgan fingerprint density at radius 1 is 1.41 bits per heavy atom. The van der Waals surface area contributed by atoms with Crippen LogP contribution in [0.3, 0.4) is 0 Å². The molecule has 94 valence electrons. The zero-order chi connectivity index (χ0) is 12.4. The van der Waals surface area contributed by atoms with Gasteiger partial charge in [0.15, 0.2) is 0 Å². The number of hydrogen-bond acceptors (Lipinski definition) is 3. The van der Waals surface area contributed by atoms with Crippen LogP contribution in [0.15, 0.2) is 18.2 Å². The molecule has 17 heavy (non-hydrogen) atoms. The Balaban J connectivity index is 2.23. The summed E-state index contributed by atoms with van der Waals surface area (Å²) in [6.45, 7) is 2.75. The third-order valence-electron chi connectivity index (χ3n) is 3.34. The van der Waals surface area contributed by atoms with Gasteiger partial charge in [-0.05, 0) is 43.5 Å². The van der Waals surface area contributed by atoms with Gasteiger partial charge in [-0.15, -0.1) is 0 Å². The molecule has 0 spiro atoms. The fraction of sp³-hybridized carbons (Fsp3) is 0.500. The maximum Gasteiger partial charge on any atom is 0.141 e. The first-order valence-electron chi connectivity index (χ1n) is 5.79. The number of nitrogens with one attached hydrogen (secondary N) is 2. The molecule has 1 aliphatic heterocycles.